The van der Waals surface area contributed by atoms with E-state index in [0.29, 0.717) is 0 Å². The first-order valence-corrected chi connectivity index (χ1v) is 23.9. The van der Waals surface area contributed by atoms with E-state index in [1.807, 2.05) is 12.1 Å². The number of aryl methyl sites for hydroxylation is 1. The molecule has 5 heteroatoms. The minimum absolute atomic E-state index is 0.00101. The van der Waals surface area contributed by atoms with Crippen molar-refractivity contribution < 1.29 is 8.83 Å². The van der Waals surface area contributed by atoms with Gasteiger partial charge in [0.25, 0.3) is 6.71 Å². The second kappa shape index (κ2) is 14.6. The first-order valence-electron chi connectivity index (χ1n) is 23.9. The molecule has 13 rings (SSSR count). The molecule has 0 unspecified atom stereocenters. The Morgan fingerprint density at radius 3 is 1.28 bits per heavy atom. The summed E-state index contributed by atoms with van der Waals surface area (Å²) in [5, 5.41) is 4.52. The van der Waals surface area contributed by atoms with Gasteiger partial charge in [-0.15, -0.1) is 0 Å². The molecule has 0 fully saturated rings. The largest absolute Gasteiger partial charge is 0.455 e. The van der Waals surface area contributed by atoms with Crippen LogP contribution in [-0.2, 0) is 10.8 Å². The van der Waals surface area contributed by atoms with Crippen molar-refractivity contribution >= 4 is 101 Å². The van der Waals surface area contributed by atoms with Gasteiger partial charge in [-0.25, -0.2) is 0 Å². The number of anilines is 6. The quantitative estimate of drug-likeness (QED) is 0.165. The Hall–Kier alpha value is -7.76. The van der Waals surface area contributed by atoms with Gasteiger partial charge in [0, 0.05) is 66.8 Å². The molecule has 2 aliphatic heterocycles. The monoisotopic (exact) mass is 878 g/mol. The molecule has 2 aromatic heterocycles. The fourth-order valence-corrected chi connectivity index (χ4v) is 11.2. The van der Waals surface area contributed by atoms with Crippen molar-refractivity contribution in [3.63, 3.8) is 0 Å². The van der Waals surface area contributed by atoms with Crippen LogP contribution in [-0.4, -0.2) is 6.71 Å². The van der Waals surface area contributed by atoms with Crippen molar-refractivity contribution in [3.05, 3.63) is 199 Å². The van der Waals surface area contributed by atoms with E-state index in [1.165, 1.54) is 55.8 Å². The number of furan rings is 2. The maximum absolute atomic E-state index is 6.62. The van der Waals surface area contributed by atoms with Gasteiger partial charge >= 0.3 is 0 Å². The normalized spacial score (nSPS) is 13.4. The van der Waals surface area contributed by atoms with Crippen molar-refractivity contribution in [3.8, 4) is 22.3 Å². The van der Waals surface area contributed by atoms with Crippen LogP contribution in [0.3, 0.4) is 0 Å². The number of hydrogen-bond donors (Lipinski definition) is 0. The minimum atomic E-state index is -0.0574. The van der Waals surface area contributed by atoms with Gasteiger partial charge in [0.2, 0.25) is 0 Å². The average molecular weight is 879 g/mol. The molecule has 4 heterocycles. The zero-order valence-electron chi connectivity index (χ0n) is 39.6. The second-order valence-electron chi connectivity index (χ2n) is 21.0. The number of nitrogens with zero attached hydrogens (tertiary/aromatic N) is 2. The van der Waals surface area contributed by atoms with Crippen LogP contribution in [0.4, 0.5) is 34.1 Å². The second-order valence-corrected chi connectivity index (χ2v) is 21.0. The molecular weight excluding hydrogens is 828 g/mol. The maximum atomic E-state index is 6.62. The topological polar surface area (TPSA) is 32.8 Å². The van der Waals surface area contributed by atoms with Crippen LogP contribution >= 0.6 is 0 Å². The standard InChI is InChI=1S/C63H51BN2O2/c1-38-32-55-59-56(33-38)66(44-19-13-17-40(35-44)46-23-15-25-50-48-21-9-11-27-58(48)68-61(46)50)54-37-42(63(5,6)7)29-31-52(54)64(59)51-30-28-41(62(2,3)4)36-53(51)65(55)43-18-12-16-39(34-43)45-22-14-24-49-47-20-8-10-26-57(47)67-60(45)49/h8-37H,1-7H3. The Morgan fingerprint density at radius 1 is 0.397 bits per heavy atom. The van der Waals surface area contributed by atoms with Crippen molar-refractivity contribution in [2.45, 2.75) is 59.3 Å². The molecule has 0 N–H and O–H groups in total. The Bertz CT molecular complexity index is 3630. The summed E-state index contributed by atoms with van der Waals surface area (Å²) in [6, 6.07) is 67.2. The molecule has 4 nitrogen and oxygen atoms in total. The summed E-state index contributed by atoms with van der Waals surface area (Å²) in [4.78, 5) is 5.08. The van der Waals surface area contributed by atoms with Crippen LogP contribution < -0.4 is 26.2 Å². The number of fused-ring (bicyclic) bond motifs is 10. The first-order chi connectivity index (χ1) is 32.9. The molecule has 0 amide bonds. The highest BCUT2D eigenvalue weighted by Crippen LogP contribution is 2.48. The number of rotatable bonds is 4. The van der Waals surface area contributed by atoms with E-state index in [4.69, 9.17) is 8.83 Å². The Kier molecular flexibility index (Phi) is 8.71. The zero-order valence-corrected chi connectivity index (χ0v) is 39.6. The molecule has 68 heavy (non-hydrogen) atoms. The molecule has 0 bridgehead atoms. The molecule has 11 aromatic rings. The Labute approximate surface area is 398 Å². The van der Waals surface area contributed by atoms with Crippen molar-refractivity contribution in [1.82, 2.24) is 0 Å². The lowest BCUT2D eigenvalue weighted by Gasteiger charge is -2.45. The zero-order chi connectivity index (χ0) is 46.2. The van der Waals surface area contributed by atoms with Crippen molar-refractivity contribution in [2.75, 3.05) is 9.80 Å². The van der Waals surface area contributed by atoms with Crippen molar-refractivity contribution in [2.24, 2.45) is 0 Å². The van der Waals surface area contributed by atoms with Gasteiger partial charge in [0.05, 0.1) is 0 Å². The molecule has 0 aliphatic carbocycles. The summed E-state index contributed by atoms with van der Waals surface area (Å²) < 4.78 is 13.2. The van der Waals surface area contributed by atoms with Crippen LogP contribution in [0.1, 0.15) is 58.2 Å². The first kappa shape index (κ1) is 40.5. The summed E-state index contributed by atoms with van der Waals surface area (Å²) >= 11 is 0. The highest BCUT2D eigenvalue weighted by atomic mass is 16.3. The van der Waals surface area contributed by atoms with Gasteiger partial charge < -0.3 is 18.6 Å². The van der Waals surface area contributed by atoms with Gasteiger partial charge in [0.1, 0.15) is 22.3 Å². The van der Waals surface area contributed by atoms with Crippen LogP contribution in [0.2, 0.25) is 0 Å². The smallest absolute Gasteiger partial charge is 0.252 e. The van der Waals surface area contributed by atoms with Gasteiger partial charge in [-0.05, 0) is 123 Å². The fourth-order valence-electron chi connectivity index (χ4n) is 11.2. The highest BCUT2D eigenvalue weighted by Gasteiger charge is 2.44. The van der Waals surface area contributed by atoms with Crippen LogP contribution in [0.25, 0.3) is 66.1 Å². The molecule has 2 aliphatic rings. The number of hydrogen-bond acceptors (Lipinski definition) is 4. The minimum Gasteiger partial charge on any atom is -0.455 e. The summed E-state index contributed by atoms with van der Waals surface area (Å²) in [6.07, 6.45) is 0. The van der Waals surface area contributed by atoms with Crippen LogP contribution in [0.15, 0.2) is 191 Å². The lowest BCUT2D eigenvalue weighted by Crippen LogP contribution is -2.61. The van der Waals surface area contributed by atoms with E-state index in [1.54, 1.807) is 0 Å². The molecule has 0 atom stereocenters. The van der Waals surface area contributed by atoms with Gasteiger partial charge in [0.15, 0.2) is 0 Å². The third kappa shape index (κ3) is 6.14. The third-order valence-corrected chi connectivity index (χ3v) is 14.6. The van der Waals surface area contributed by atoms with Crippen LogP contribution in [0, 0.1) is 6.92 Å². The molecule has 9 aromatic carbocycles. The maximum Gasteiger partial charge on any atom is 0.252 e. The van der Waals surface area contributed by atoms with E-state index in [9.17, 15) is 0 Å². The lowest BCUT2D eigenvalue weighted by molar-refractivity contribution is 0.590. The average Bonchev–Trinajstić information content (AvgIpc) is 3.92. The molecule has 0 radical (unpaired) electrons. The number of benzene rings is 9. The Balaban J connectivity index is 1.05. The lowest BCUT2D eigenvalue weighted by atomic mass is 9.33. The van der Waals surface area contributed by atoms with Crippen LogP contribution in [0.5, 0.6) is 0 Å². The predicted octanol–water partition coefficient (Wildman–Crippen LogP) is 15.8. The Morgan fingerprint density at radius 2 is 0.824 bits per heavy atom. The summed E-state index contributed by atoms with van der Waals surface area (Å²) in [6.45, 7) is 16.2. The van der Waals surface area contributed by atoms with Gasteiger partial charge in [-0.3, -0.25) is 0 Å². The molecule has 0 spiro atoms. The molecular formula is C63H51BN2O2. The van der Waals surface area contributed by atoms with Crippen molar-refractivity contribution in [1.29, 1.82) is 0 Å². The van der Waals surface area contributed by atoms with E-state index >= 15 is 0 Å². The highest BCUT2D eigenvalue weighted by molar-refractivity contribution is 7.00. The van der Waals surface area contributed by atoms with E-state index in [-0.39, 0.29) is 17.5 Å². The number of para-hydroxylation sites is 4. The summed E-state index contributed by atoms with van der Waals surface area (Å²) in [5.74, 6) is 0. The van der Waals surface area contributed by atoms with Gasteiger partial charge in [-0.2, -0.15) is 0 Å². The third-order valence-electron chi connectivity index (χ3n) is 14.6. The van der Waals surface area contributed by atoms with E-state index in [2.05, 4.69) is 228 Å². The molecule has 328 valence electrons. The summed E-state index contributed by atoms with van der Waals surface area (Å²) in [7, 11) is 0. The van der Waals surface area contributed by atoms with E-state index < -0.39 is 0 Å². The van der Waals surface area contributed by atoms with Gasteiger partial charge in [-0.1, -0.05) is 163 Å². The molecule has 0 saturated heterocycles. The predicted molar refractivity (Wildman–Crippen MR) is 288 cm³/mol. The molecule has 0 saturated carbocycles. The summed E-state index contributed by atoms with van der Waals surface area (Å²) in [5.41, 5.74) is 22.6. The SMILES string of the molecule is Cc1cc2c3c(c1)N(c1cccc(-c4cccc5c4oc4ccccc45)c1)c1cc(C(C)(C)C)ccc1B3c1ccc(C(C)(C)C)cc1N2c1cccc(-c2cccc3c2oc2ccccc23)c1. The fraction of sp³-hybridized carbons (Fsp3) is 0.143. The van der Waals surface area contributed by atoms with E-state index in [0.717, 1.165) is 77.5 Å².